The molecular weight excluding hydrogens is 324 g/mol. The van der Waals surface area contributed by atoms with Gasteiger partial charge in [0, 0.05) is 29.7 Å². The van der Waals surface area contributed by atoms with Crippen LogP contribution in [0.3, 0.4) is 0 Å². The molecule has 4 rings (SSSR count). The van der Waals surface area contributed by atoms with Gasteiger partial charge in [0.25, 0.3) is 0 Å². The number of nitrogens with one attached hydrogen (secondary N) is 1. The lowest BCUT2D eigenvalue weighted by Gasteiger charge is -2.10. The minimum atomic E-state index is 0.491. The predicted molar refractivity (Wildman–Crippen MR) is 93.9 cm³/mol. The fourth-order valence-corrected chi connectivity index (χ4v) is 2.65. The zero-order chi connectivity index (χ0) is 16.4. The van der Waals surface area contributed by atoms with Crippen molar-refractivity contribution in [2.45, 2.75) is 6.54 Å². The van der Waals surface area contributed by atoms with E-state index >= 15 is 0 Å². The second kappa shape index (κ2) is 6.29. The molecule has 3 heterocycles. The molecule has 0 saturated carbocycles. The number of benzene rings is 1. The molecule has 0 atom stereocenters. The van der Waals surface area contributed by atoms with Crippen LogP contribution in [0.5, 0.6) is 11.6 Å². The number of hydrogen-bond donors (Lipinski definition) is 1. The van der Waals surface area contributed by atoms with Gasteiger partial charge in [-0.1, -0.05) is 23.7 Å². The Balaban J connectivity index is 1.53. The minimum Gasteiger partial charge on any atom is -0.437 e. The number of aliphatic imine (C=N–C) groups is 1. The zero-order valence-electron chi connectivity index (χ0n) is 12.6. The van der Waals surface area contributed by atoms with Gasteiger partial charge in [-0.25, -0.2) is 4.98 Å². The fraction of sp³-hybridized carbons (Fsp3) is 0.0556. The maximum absolute atomic E-state index is 6.32. The summed E-state index contributed by atoms with van der Waals surface area (Å²) < 4.78 is 5.68. The fourth-order valence-electron chi connectivity index (χ4n) is 2.44. The molecule has 118 valence electrons. The lowest BCUT2D eigenvalue weighted by Crippen LogP contribution is -2.13. The van der Waals surface area contributed by atoms with Crippen LogP contribution in [-0.2, 0) is 6.54 Å². The number of pyridine rings is 2. The first kappa shape index (κ1) is 14.7. The predicted octanol–water partition coefficient (Wildman–Crippen LogP) is 4.29. The number of hydrogen-bond acceptors (Lipinski definition) is 5. The molecule has 3 aromatic rings. The topological polar surface area (TPSA) is 59.4 Å². The van der Waals surface area contributed by atoms with E-state index in [9.17, 15) is 0 Å². The highest BCUT2D eigenvalue weighted by atomic mass is 35.5. The van der Waals surface area contributed by atoms with Gasteiger partial charge < -0.3 is 10.1 Å². The van der Waals surface area contributed by atoms with Gasteiger partial charge in [-0.15, -0.1) is 0 Å². The van der Waals surface area contributed by atoms with Gasteiger partial charge in [-0.2, -0.15) is 0 Å². The summed E-state index contributed by atoms with van der Waals surface area (Å²) in [7, 11) is 0. The van der Waals surface area contributed by atoms with Crippen LogP contribution in [0.2, 0.25) is 5.02 Å². The Kier molecular flexibility index (Phi) is 3.84. The minimum absolute atomic E-state index is 0.491. The van der Waals surface area contributed by atoms with Crippen molar-refractivity contribution in [3.63, 3.8) is 0 Å². The average Bonchev–Trinajstić information content (AvgIpc) is 3.01. The first-order chi connectivity index (χ1) is 11.8. The van der Waals surface area contributed by atoms with Crippen LogP contribution in [0.1, 0.15) is 11.3 Å². The van der Waals surface area contributed by atoms with Gasteiger partial charge in [0.2, 0.25) is 5.88 Å². The normalized spacial score (nSPS) is 12.5. The van der Waals surface area contributed by atoms with Gasteiger partial charge in [-0.05, 0) is 30.3 Å². The summed E-state index contributed by atoms with van der Waals surface area (Å²) in [4.78, 5) is 13.0. The number of fused-ring (bicyclic) bond motifs is 1. The summed E-state index contributed by atoms with van der Waals surface area (Å²) in [5.41, 5.74) is 2.81. The highest BCUT2D eigenvalue weighted by molar-refractivity contribution is 6.32. The van der Waals surface area contributed by atoms with E-state index in [0.717, 1.165) is 22.8 Å². The molecule has 1 aromatic carbocycles. The van der Waals surface area contributed by atoms with Crippen LogP contribution in [-0.4, -0.2) is 15.8 Å². The molecule has 0 spiro atoms. The van der Waals surface area contributed by atoms with Crippen molar-refractivity contribution in [1.29, 1.82) is 0 Å². The maximum atomic E-state index is 6.32. The lowest BCUT2D eigenvalue weighted by molar-refractivity contribution is 0.463. The molecule has 24 heavy (non-hydrogen) atoms. The Morgan fingerprint density at radius 2 is 1.92 bits per heavy atom. The molecule has 0 fully saturated rings. The molecule has 5 nitrogen and oxygen atoms in total. The first-order valence-electron chi connectivity index (χ1n) is 7.44. The van der Waals surface area contributed by atoms with Crippen LogP contribution in [0.4, 0.5) is 5.69 Å². The highest BCUT2D eigenvalue weighted by Crippen LogP contribution is 2.31. The molecule has 0 saturated heterocycles. The molecule has 6 heteroatoms. The molecule has 0 unspecified atom stereocenters. The largest absolute Gasteiger partial charge is 0.437 e. The van der Waals surface area contributed by atoms with E-state index in [0.29, 0.717) is 23.2 Å². The number of ether oxygens (including phenoxy) is 1. The number of aromatic nitrogens is 2. The smallest absolute Gasteiger partial charge is 0.219 e. The highest BCUT2D eigenvalue weighted by Gasteiger charge is 2.17. The molecule has 0 bridgehead atoms. The summed E-state index contributed by atoms with van der Waals surface area (Å²) in [5, 5.41) is 3.75. The van der Waals surface area contributed by atoms with Crippen LogP contribution in [0.25, 0.3) is 0 Å². The van der Waals surface area contributed by atoms with Crippen molar-refractivity contribution in [2.24, 2.45) is 4.99 Å². The Labute approximate surface area is 144 Å². The Hall–Kier alpha value is -2.92. The van der Waals surface area contributed by atoms with Crippen molar-refractivity contribution in [2.75, 3.05) is 5.32 Å². The number of anilines is 1. The van der Waals surface area contributed by atoms with E-state index in [1.807, 2.05) is 30.3 Å². The third-order valence-corrected chi connectivity index (χ3v) is 3.87. The van der Waals surface area contributed by atoms with E-state index in [1.165, 1.54) is 0 Å². The Morgan fingerprint density at radius 3 is 2.75 bits per heavy atom. The van der Waals surface area contributed by atoms with Crippen LogP contribution in [0.15, 0.2) is 65.9 Å². The average molecular weight is 337 g/mol. The zero-order valence-corrected chi connectivity index (χ0v) is 13.4. The Morgan fingerprint density at radius 1 is 1.00 bits per heavy atom. The van der Waals surface area contributed by atoms with Crippen molar-refractivity contribution in [3.8, 4) is 11.6 Å². The summed E-state index contributed by atoms with van der Waals surface area (Å²) in [5.74, 6) is 1.80. The van der Waals surface area contributed by atoms with E-state index in [1.54, 1.807) is 30.6 Å². The first-order valence-corrected chi connectivity index (χ1v) is 7.81. The molecule has 0 amide bonds. The SMILES string of the molecule is Clc1cc(NC2=NCc3cccnc32)ccc1Oc1ccccn1. The monoisotopic (exact) mass is 336 g/mol. The van der Waals surface area contributed by atoms with Crippen LogP contribution < -0.4 is 10.1 Å². The van der Waals surface area contributed by atoms with E-state index in [2.05, 4.69) is 20.3 Å². The van der Waals surface area contributed by atoms with Crippen molar-refractivity contribution in [1.82, 2.24) is 9.97 Å². The third-order valence-electron chi connectivity index (χ3n) is 3.57. The standard InChI is InChI=1S/C18H13ClN4O/c19-14-10-13(6-7-15(14)24-16-5-1-2-8-20-16)23-18-17-12(11-22-18)4-3-9-21-17/h1-10H,11H2,(H,22,23). The molecule has 1 aliphatic rings. The number of halogens is 1. The number of amidine groups is 1. The molecule has 1 N–H and O–H groups in total. The second-order valence-corrected chi connectivity index (χ2v) is 5.62. The van der Waals surface area contributed by atoms with E-state index in [4.69, 9.17) is 16.3 Å². The molecule has 2 aromatic heterocycles. The maximum Gasteiger partial charge on any atom is 0.219 e. The summed E-state index contributed by atoms with van der Waals surface area (Å²) in [6, 6.07) is 14.9. The quantitative estimate of drug-likeness (QED) is 0.775. The van der Waals surface area contributed by atoms with Gasteiger partial charge in [-0.3, -0.25) is 9.98 Å². The van der Waals surface area contributed by atoms with Gasteiger partial charge in [0.1, 0.15) is 11.4 Å². The summed E-state index contributed by atoms with van der Waals surface area (Å²) in [6.45, 7) is 0.639. The number of rotatable bonds is 3. The van der Waals surface area contributed by atoms with E-state index < -0.39 is 0 Å². The Bertz CT molecular complexity index is 912. The van der Waals surface area contributed by atoms with Gasteiger partial charge >= 0.3 is 0 Å². The third kappa shape index (κ3) is 2.94. The number of nitrogens with zero attached hydrogens (tertiary/aromatic N) is 3. The van der Waals surface area contributed by atoms with Crippen molar-refractivity contribution >= 4 is 23.1 Å². The van der Waals surface area contributed by atoms with Crippen LogP contribution >= 0.6 is 11.6 Å². The summed E-state index contributed by atoms with van der Waals surface area (Å²) in [6.07, 6.45) is 3.43. The van der Waals surface area contributed by atoms with Gasteiger partial charge in [0.15, 0.2) is 5.84 Å². The second-order valence-electron chi connectivity index (χ2n) is 5.22. The molecule has 0 aliphatic carbocycles. The van der Waals surface area contributed by atoms with Crippen molar-refractivity contribution in [3.05, 3.63) is 77.2 Å². The summed E-state index contributed by atoms with van der Waals surface area (Å²) >= 11 is 6.32. The van der Waals surface area contributed by atoms with Crippen LogP contribution in [0, 0.1) is 0 Å². The molecule has 1 aliphatic heterocycles. The van der Waals surface area contributed by atoms with Gasteiger partial charge in [0.05, 0.1) is 11.6 Å². The lowest BCUT2D eigenvalue weighted by atomic mass is 10.2. The van der Waals surface area contributed by atoms with E-state index in [-0.39, 0.29) is 0 Å². The van der Waals surface area contributed by atoms with Crippen molar-refractivity contribution < 1.29 is 4.74 Å². The molecule has 0 radical (unpaired) electrons. The molecular formula is C18H13ClN4O.